The second-order valence-electron chi connectivity index (χ2n) is 6.31. The van der Waals surface area contributed by atoms with Gasteiger partial charge in [-0.2, -0.15) is 5.26 Å². The summed E-state index contributed by atoms with van der Waals surface area (Å²) < 4.78 is 11.6. The van der Waals surface area contributed by atoms with E-state index in [2.05, 4.69) is 40.0 Å². The number of nitrogens with zero attached hydrogens (tertiary/aromatic N) is 2. The molecule has 0 heterocycles. The fraction of sp³-hybridized carbons (Fsp3) is 0.304. The molecule has 2 aromatic rings. The van der Waals surface area contributed by atoms with E-state index in [1.165, 1.54) is 6.08 Å². The quantitative estimate of drug-likeness (QED) is 0.399. The molecule has 0 bridgehead atoms. The molecule has 1 N–H and O–H groups in total. The number of amides is 1. The average molecular weight is 472 g/mol. The number of carbonyl (C=O) groups excluding carboxylic acids is 1. The molecule has 0 saturated heterocycles. The maximum absolute atomic E-state index is 12.6. The third-order valence-corrected chi connectivity index (χ3v) is 5.05. The Hall–Kier alpha value is -2.98. The fourth-order valence-electron chi connectivity index (χ4n) is 2.99. The number of halogens is 1. The molecule has 0 fully saturated rings. The van der Waals surface area contributed by atoms with Gasteiger partial charge in [-0.3, -0.25) is 4.79 Å². The first kappa shape index (κ1) is 23.3. The Morgan fingerprint density at radius 3 is 2.40 bits per heavy atom. The molecule has 2 rings (SSSR count). The van der Waals surface area contributed by atoms with Crippen molar-refractivity contribution in [1.82, 2.24) is 0 Å². The van der Waals surface area contributed by atoms with Gasteiger partial charge in [0.1, 0.15) is 11.6 Å². The summed E-state index contributed by atoms with van der Waals surface area (Å²) >= 11 is 3.44. The van der Waals surface area contributed by atoms with E-state index < -0.39 is 5.91 Å². The van der Waals surface area contributed by atoms with Crippen molar-refractivity contribution < 1.29 is 14.3 Å². The third kappa shape index (κ3) is 5.77. The standard InChI is InChI=1S/C23H26BrN3O3/c1-5-27(6-2)19-10-8-18(9-11-19)26-23(28)17(15-25)12-16-13-20(24)22(29-4)21(14-16)30-7-3/h8-14H,5-7H2,1-4H3,(H,26,28)/b17-12-. The minimum atomic E-state index is -0.474. The van der Waals surface area contributed by atoms with Crippen LogP contribution in [0.2, 0.25) is 0 Å². The van der Waals surface area contributed by atoms with Gasteiger partial charge in [0.15, 0.2) is 11.5 Å². The lowest BCUT2D eigenvalue weighted by molar-refractivity contribution is -0.112. The zero-order valence-electron chi connectivity index (χ0n) is 17.7. The molecule has 2 aromatic carbocycles. The van der Waals surface area contributed by atoms with Crippen LogP contribution in [0.15, 0.2) is 46.4 Å². The first-order chi connectivity index (χ1) is 14.5. The van der Waals surface area contributed by atoms with E-state index in [0.717, 1.165) is 18.8 Å². The van der Waals surface area contributed by atoms with E-state index >= 15 is 0 Å². The molecule has 30 heavy (non-hydrogen) atoms. The summed E-state index contributed by atoms with van der Waals surface area (Å²) in [5, 5.41) is 12.3. The van der Waals surface area contributed by atoms with Crippen LogP contribution in [0.3, 0.4) is 0 Å². The third-order valence-electron chi connectivity index (χ3n) is 4.47. The fourth-order valence-corrected chi connectivity index (χ4v) is 3.61. The predicted molar refractivity (Wildman–Crippen MR) is 124 cm³/mol. The van der Waals surface area contributed by atoms with Crippen molar-refractivity contribution in [2.24, 2.45) is 0 Å². The van der Waals surface area contributed by atoms with Crippen molar-refractivity contribution in [3.05, 3.63) is 52.0 Å². The van der Waals surface area contributed by atoms with Crippen LogP contribution in [0.4, 0.5) is 11.4 Å². The van der Waals surface area contributed by atoms with Crippen molar-refractivity contribution in [3.8, 4) is 17.6 Å². The number of benzene rings is 2. The number of rotatable bonds is 9. The van der Waals surface area contributed by atoms with Gasteiger partial charge in [0.25, 0.3) is 5.91 Å². The van der Waals surface area contributed by atoms with Crippen molar-refractivity contribution in [2.45, 2.75) is 20.8 Å². The Kier molecular flexibility index (Phi) is 8.75. The van der Waals surface area contributed by atoms with Gasteiger partial charge in [-0.1, -0.05) is 0 Å². The molecule has 1 amide bonds. The molecule has 7 heteroatoms. The van der Waals surface area contributed by atoms with Crippen molar-refractivity contribution in [3.63, 3.8) is 0 Å². The number of hydrogen-bond donors (Lipinski definition) is 1. The van der Waals surface area contributed by atoms with Gasteiger partial charge in [0, 0.05) is 24.5 Å². The van der Waals surface area contributed by atoms with Gasteiger partial charge < -0.3 is 19.7 Å². The Labute approximate surface area is 186 Å². The number of ether oxygens (including phenoxy) is 2. The van der Waals surface area contributed by atoms with E-state index in [4.69, 9.17) is 9.47 Å². The summed E-state index contributed by atoms with van der Waals surface area (Å²) in [6, 6.07) is 13.0. The van der Waals surface area contributed by atoms with Gasteiger partial charge in [-0.15, -0.1) is 0 Å². The minimum absolute atomic E-state index is 0.0117. The number of nitrogens with one attached hydrogen (secondary N) is 1. The van der Waals surface area contributed by atoms with Gasteiger partial charge in [0.2, 0.25) is 0 Å². The molecule has 0 aliphatic carbocycles. The zero-order valence-corrected chi connectivity index (χ0v) is 19.2. The molecule has 0 aliphatic rings. The normalized spacial score (nSPS) is 10.9. The molecular formula is C23H26BrN3O3. The lowest BCUT2D eigenvalue weighted by Crippen LogP contribution is -2.21. The highest BCUT2D eigenvalue weighted by Crippen LogP contribution is 2.37. The zero-order chi connectivity index (χ0) is 22.1. The van der Waals surface area contributed by atoms with Crippen LogP contribution >= 0.6 is 15.9 Å². The highest BCUT2D eigenvalue weighted by Gasteiger charge is 2.14. The molecule has 0 saturated carbocycles. The topological polar surface area (TPSA) is 74.6 Å². The van der Waals surface area contributed by atoms with Crippen LogP contribution in [0.1, 0.15) is 26.3 Å². The van der Waals surface area contributed by atoms with Gasteiger partial charge in [0.05, 0.1) is 18.2 Å². The van der Waals surface area contributed by atoms with E-state index in [1.54, 1.807) is 19.2 Å². The minimum Gasteiger partial charge on any atom is -0.492 e. The maximum Gasteiger partial charge on any atom is 0.266 e. The van der Waals surface area contributed by atoms with E-state index in [1.807, 2.05) is 37.3 Å². The molecular weight excluding hydrogens is 446 g/mol. The summed E-state index contributed by atoms with van der Waals surface area (Å²) in [7, 11) is 1.55. The van der Waals surface area contributed by atoms with E-state index in [0.29, 0.717) is 33.8 Å². The summed E-state index contributed by atoms with van der Waals surface area (Å²) in [5.41, 5.74) is 2.35. The molecule has 0 spiro atoms. The monoisotopic (exact) mass is 471 g/mol. The second-order valence-corrected chi connectivity index (χ2v) is 7.16. The number of hydrogen-bond acceptors (Lipinski definition) is 5. The first-order valence-electron chi connectivity index (χ1n) is 9.75. The Bertz CT molecular complexity index is 945. The Morgan fingerprint density at radius 2 is 1.87 bits per heavy atom. The summed E-state index contributed by atoms with van der Waals surface area (Å²) in [5.74, 6) is 0.619. The second kappa shape index (κ2) is 11.3. The smallest absolute Gasteiger partial charge is 0.266 e. The van der Waals surface area contributed by atoms with Crippen LogP contribution in [0.5, 0.6) is 11.5 Å². The molecule has 0 radical (unpaired) electrons. The van der Waals surface area contributed by atoms with Crippen LogP contribution in [-0.2, 0) is 4.79 Å². The number of anilines is 2. The van der Waals surface area contributed by atoms with Gasteiger partial charge in [-0.25, -0.2) is 0 Å². The summed E-state index contributed by atoms with van der Waals surface area (Å²) in [6.07, 6.45) is 1.52. The maximum atomic E-state index is 12.6. The molecule has 6 nitrogen and oxygen atoms in total. The first-order valence-corrected chi connectivity index (χ1v) is 10.5. The van der Waals surface area contributed by atoms with Crippen molar-refractivity contribution in [1.29, 1.82) is 5.26 Å². The number of methoxy groups -OCH3 is 1. The van der Waals surface area contributed by atoms with E-state index in [-0.39, 0.29) is 5.57 Å². The highest BCUT2D eigenvalue weighted by atomic mass is 79.9. The number of nitriles is 1. The lowest BCUT2D eigenvalue weighted by atomic mass is 10.1. The van der Waals surface area contributed by atoms with Crippen molar-refractivity contribution in [2.75, 3.05) is 37.0 Å². The van der Waals surface area contributed by atoms with Crippen LogP contribution < -0.4 is 19.7 Å². The SMILES string of the molecule is CCOc1cc(/C=C(/C#N)C(=O)Nc2ccc(N(CC)CC)cc2)cc(Br)c1OC. The molecule has 0 atom stereocenters. The molecule has 0 unspecified atom stereocenters. The van der Waals surface area contributed by atoms with Crippen LogP contribution in [0, 0.1) is 11.3 Å². The average Bonchev–Trinajstić information content (AvgIpc) is 2.74. The van der Waals surface area contributed by atoms with Gasteiger partial charge in [-0.05, 0) is 84.7 Å². The van der Waals surface area contributed by atoms with Crippen LogP contribution in [0.25, 0.3) is 6.08 Å². The molecule has 0 aromatic heterocycles. The van der Waals surface area contributed by atoms with E-state index in [9.17, 15) is 10.1 Å². The van der Waals surface area contributed by atoms with Gasteiger partial charge >= 0.3 is 0 Å². The van der Waals surface area contributed by atoms with Crippen molar-refractivity contribution >= 4 is 39.3 Å². The summed E-state index contributed by atoms with van der Waals surface area (Å²) in [4.78, 5) is 14.8. The Morgan fingerprint density at radius 1 is 1.20 bits per heavy atom. The highest BCUT2D eigenvalue weighted by molar-refractivity contribution is 9.10. The molecule has 158 valence electrons. The molecule has 0 aliphatic heterocycles. The number of carbonyl (C=O) groups is 1. The summed E-state index contributed by atoms with van der Waals surface area (Å²) in [6.45, 7) is 8.34. The lowest BCUT2D eigenvalue weighted by Gasteiger charge is -2.21. The van der Waals surface area contributed by atoms with Crippen LogP contribution in [-0.4, -0.2) is 32.7 Å². The Balaban J connectivity index is 2.24. The largest absolute Gasteiger partial charge is 0.492 e. The predicted octanol–water partition coefficient (Wildman–Crippen LogP) is 5.25.